The molecule has 0 saturated heterocycles. The molecule has 0 aliphatic carbocycles. The van der Waals surface area contributed by atoms with E-state index in [0.717, 1.165) is 16.8 Å². The van der Waals surface area contributed by atoms with Crippen molar-refractivity contribution in [1.29, 1.82) is 0 Å². The van der Waals surface area contributed by atoms with Gasteiger partial charge in [0.1, 0.15) is 11.9 Å². The Labute approximate surface area is 180 Å². The number of rotatable bonds is 6. The number of carboxylic acids is 2. The lowest BCUT2D eigenvalue weighted by Gasteiger charge is -2.46. The summed E-state index contributed by atoms with van der Waals surface area (Å²) >= 11 is 0. The molecule has 1 atom stereocenters. The summed E-state index contributed by atoms with van der Waals surface area (Å²) in [6, 6.07) is 28.5. The highest BCUT2D eigenvalue weighted by Gasteiger charge is 2.40. The first-order chi connectivity index (χ1) is 15.1. The van der Waals surface area contributed by atoms with E-state index < -0.39 is 18.1 Å². The highest BCUT2D eigenvalue weighted by atomic mass is 16.4. The van der Waals surface area contributed by atoms with Gasteiger partial charge in [0.05, 0.1) is 12.1 Å². The predicted molar refractivity (Wildman–Crippen MR) is 117 cm³/mol. The summed E-state index contributed by atoms with van der Waals surface area (Å²) in [5, 5.41) is 19.9. The largest absolute Gasteiger partial charge is 0.478 e. The maximum absolute atomic E-state index is 12.3. The summed E-state index contributed by atoms with van der Waals surface area (Å²) in [7, 11) is 0. The van der Waals surface area contributed by atoms with Crippen LogP contribution < -0.4 is 4.90 Å². The van der Waals surface area contributed by atoms with Crippen molar-refractivity contribution < 1.29 is 19.8 Å². The van der Waals surface area contributed by atoms with Crippen LogP contribution in [0, 0.1) is 0 Å². The number of nitrogens with zero attached hydrogens (tertiary/aromatic N) is 2. The maximum atomic E-state index is 12.3. The molecule has 0 aromatic heterocycles. The van der Waals surface area contributed by atoms with Gasteiger partial charge in [-0.15, -0.1) is 0 Å². The van der Waals surface area contributed by atoms with E-state index in [4.69, 9.17) is 0 Å². The normalized spacial score (nSPS) is 16.3. The van der Waals surface area contributed by atoms with E-state index in [1.165, 1.54) is 0 Å². The van der Waals surface area contributed by atoms with Crippen molar-refractivity contribution in [3.05, 3.63) is 113 Å². The maximum Gasteiger partial charge on any atom is 0.352 e. The van der Waals surface area contributed by atoms with E-state index in [2.05, 4.69) is 0 Å². The molecule has 1 aliphatic heterocycles. The van der Waals surface area contributed by atoms with Crippen LogP contribution in [0.15, 0.2) is 102 Å². The second kappa shape index (κ2) is 8.75. The number of hydrogen-bond donors (Lipinski definition) is 2. The van der Waals surface area contributed by atoms with Gasteiger partial charge in [0.25, 0.3) is 0 Å². The molecule has 3 aromatic rings. The van der Waals surface area contributed by atoms with Crippen molar-refractivity contribution in [2.45, 2.75) is 12.7 Å². The van der Waals surface area contributed by atoms with E-state index in [1.807, 2.05) is 95.9 Å². The average Bonchev–Trinajstić information content (AvgIpc) is 2.80. The Kier molecular flexibility index (Phi) is 5.71. The highest BCUT2D eigenvalue weighted by molar-refractivity contribution is 5.99. The molecule has 6 heteroatoms. The molecule has 0 bridgehead atoms. The highest BCUT2D eigenvalue weighted by Crippen LogP contribution is 2.39. The van der Waals surface area contributed by atoms with Crippen molar-refractivity contribution in [2.75, 3.05) is 11.4 Å². The Morgan fingerprint density at radius 2 is 1.32 bits per heavy atom. The number of para-hydroxylation sites is 1. The van der Waals surface area contributed by atoms with Gasteiger partial charge in [-0.25, -0.2) is 9.59 Å². The Balaban J connectivity index is 1.93. The Bertz CT molecular complexity index is 1100. The summed E-state index contributed by atoms with van der Waals surface area (Å²) in [6.45, 7) is 0.230. The fourth-order valence-electron chi connectivity index (χ4n) is 4.00. The predicted octanol–water partition coefficient (Wildman–Crippen LogP) is 4.13. The number of hydrogen-bond acceptors (Lipinski definition) is 4. The summed E-state index contributed by atoms with van der Waals surface area (Å²) in [5.74, 6) is -2.48. The zero-order valence-electron chi connectivity index (χ0n) is 16.8. The molecule has 6 nitrogen and oxygen atoms in total. The van der Waals surface area contributed by atoms with Crippen LogP contribution in [0.5, 0.6) is 0 Å². The second-order valence-corrected chi connectivity index (χ2v) is 7.30. The summed E-state index contributed by atoms with van der Waals surface area (Å²) in [5.41, 5.74) is 2.27. The molecule has 1 unspecified atom stereocenters. The van der Waals surface area contributed by atoms with Gasteiger partial charge in [0, 0.05) is 12.2 Å². The van der Waals surface area contributed by atoms with Gasteiger partial charge in [-0.1, -0.05) is 78.9 Å². The lowest BCUT2D eigenvalue weighted by molar-refractivity contribution is -0.138. The number of aliphatic carboxylic acids is 2. The zero-order chi connectivity index (χ0) is 21.8. The first kappa shape index (κ1) is 20.2. The smallest absolute Gasteiger partial charge is 0.352 e. The van der Waals surface area contributed by atoms with E-state index in [9.17, 15) is 19.8 Å². The SMILES string of the molecule is O=C(O)C1=C(C(=O)O)N(Cc2ccccc2)C(c2ccccc2)N(c2ccccc2)C1. The second-order valence-electron chi connectivity index (χ2n) is 7.30. The topological polar surface area (TPSA) is 81.1 Å². The van der Waals surface area contributed by atoms with Crippen molar-refractivity contribution in [3.8, 4) is 0 Å². The minimum absolute atomic E-state index is 0.0220. The molecule has 1 aliphatic rings. The molecule has 3 aromatic carbocycles. The summed E-state index contributed by atoms with van der Waals surface area (Å²) < 4.78 is 0. The Morgan fingerprint density at radius 1 is 0.774 bits per heavy atom. The van der Waals surface area contributed by atoms with Crippen LogP contribution in [-0.4, -0.2) is 33.6 Å². The van der Waals surface area contributed by atoms with Crippen molar-refractivity contribution in [2.24, 2.45) is 0 Å². The quantitative estimate of drug-likeness (QED) is 0.631. The Hall–Kier alpha value is -4.06. The lowest BCUT2D eigenvalue weighted by Crippen LogP contribution is -2.49. The summed E-state index contributed by atoms with van der Waals surface area (Å²) in [4.78, 5) is 28.0. The van der Waals surface area contributed by atoms with Crippen LogP contribution in [0.1, 0.15) is 17.3 Å². The van der Waals surface area contributed by atoms with Crippen LogP contribution in [-0.2, 0) is 16.1 Å². The monoisotopic (exact) mass is 414 g/mol. The van der Waals surface area contributed by atoms with E-state index in [1.54, 1.807) is 4.90 Å². The molecule has 0 amide bonds. The van der Waals surface area contributed by atoms with Crippen LogP contribution in [0.3, 0.4) is 0 Å². The number of anilines is 1. The van der Waals surface area contributed by atoms with Crippen molar-refractivity contribution >= 4 is 17.6 Å². The molecule has 0 fully saturated rings. The molecule has 2 N–H and O–H groups in total. The van der Waals surface area contributed by atoms with Gasteiger partial charge in [-0.2, -0.15) is 0 Å². The number of carboxylic acid groups (broad SMARTS) is 2. The van der Waals surface area contributed by atoms with Gasteiger partial charge in [0.15, 0.2) is 0 Å². The first-order valence-corrected chi connectivity index (χ1v) is 9.93. The van der Waals surface area contributed by atoms with E-state index in [-0.39, 0.29) is 24.4 Å². The average molecular weight is 414 g/mol. The van der Waals surface area contributed by atoms with Crippen LogP contribution in [0.2, 0.25) is 0 Å². The molecule has 156 valence electrons. The van der Waals surface area contributed by atoms with E-state index >= 15 is 0 Å². The lowest BCUT2D eigenvalue weighted by atomic mass is 10.00. The minimum Gasteiger partial charge on any atom is -0.478 e. The molecule has 0 spiro atoms. The molecular weight excluding hydrogens is 392 g/mol. The van der Waals surface area contributed by atoms with Crippen molar-refractivity contribution in [3.63, 3.8) is 0 Å². The van der Waals surface area contributed by atoms with Gasteiger partial charge >= 0.3 is 11.9 Å². The molecule has 31 heavy (non-hydrogen) atoms. The Morgan fingerprint density at radius 3 is 1.87 bits per heavy atom. The molecule has 0 saturated carbocycles. The van der Waals surface area contributed by atoms with Crippen LogP contribution in [0.4, 0.5) is 5.69 Å². The fourth-order valence-corrected chi connectivity index (χ4v) is 4.00. The third-order valence-corrected chi connectivity index (χ3v) is 5.33. The van der Waals surface area contributed by atoms with Gasteiger partial charge in [-0.05, 0) is 23.3 Å². The van der Waals surface area contributed by atoms with Gasteiger partial charge < -0.3 is 20.0 Å². The van der Waals surface area contributed by atoms with Crippen molar-refractivity contribution in [1.82, 2.24) is 4.90 Å². The van der Waals surface area contributed by atoms with Gasteiger partial charge in [-0.3, -0.25) is 0 Å². The number of carbonyl (C=O) groups is 2. The third-order valence-electron chi connectivity index (χ3n) is 5.33. The zero-order valence-corrected chi connectivity index (χ0v) is 16.8. The van der Waals surface area contributed by atoms with E-state index in [0.29, 0.717) is 0 Å². The summed E-state index contributed by atoms with van der Waals surface area (Å²) in [6.07, 6.45) is -0.488. The standard InChI is InChI=1S/C25H22N2O4/c28-24(29)21-17-26(20-14-8-3-9-15-20)23(19-12-6-2-7-13-19)27(22(21)25(30)31)16-18-10-4-1-5-11-18/h1-15,23H,16-17H2,(H,28,29)(H,30,31). The molecular formula is C25H22N2O4. The third kappa shape index (κ3) is 4.14. The fraction of sp³-hybridized carbons (Fsp3) is 0.120. The van der Waals surface area contributed by atoms with Crippen LogP contribution in [0.25, 0.3) is 0 Å². The van der Waals surface area contributed by atoms with Crippen LogP contribution >= 0.6 is 0 Å². The minimum atomic E-state index is -1.25. The molecule has 4 rings (SSSR count). The number of benzene rings is 3. The molecule has 1 heterocycles. The first-order valence-electron chi connectivity index (χ1n) is 9.93. The van der Waals surface area contributed by atoms with Gasteiger partial charge in [0.2, 0.25) is 0 Å². The molecule has 0 radical (unpaired) electrons.